The minimum Gasteiger partial charge on any atom is -0.392 e. The summed E-state index contributed by atoms with van der Waals surface area (Å²) in [5.74, 6) is -0.306. The van der Waals surface area contributed by atoms with E-state index in [4.69, 9.17) is 4.74 Å². The van der Waals surface area contributed by atoms with E-state index in [-0.39, 0.29) is 12.4 Å². The van der Waals surface area contributed by atoms with E-state index in [0.29, 0.717) is 24.8 Å². The van der Waals surface area contributed by atoms with E-state index in [1.807, 2.05) is 0 Å². The lowest BCUT2D eigenvalue weighted by Crippen LogP contribution is -2.45. The molecule has 1 N–H and O–H groups in total. The van der Waals surface area contributed by atoms with E-state index >= 15 is 0 Å². The van der Waals surface area contributed by atoms with E-state index in [9.17, 15) is 9.50 Å². The van der Waals surface area contributed by atoms with E-state index in [0.717, 1.165) is 18.7 Å². The number of aliphatic hydroxyl groups excluding tert-OH is 1. The third-order valence-corrected chi connectivity index (χ3v) is 3.22. The highest BCUT2D eigenvalue weighted by atomic mass is 19.1. The summed E-state index contributed by atoms with van der Waals surface area (Å²) >= 11 is 0. The third-order valence-electron chi connectivity index (χ3n) is 3.22. The molecule has 0 spiro atoms. The number of nitrogens with zero attached hydrogens (tertiary/aromatic N) is 1. The number of anilines is 1. The Morgan fingerprint density at radius 2 is 2.35 bits per heavy atom. The van der Waals surface area contributed by atoms with Gasteiger partial charge in [-0.2, -0.15) is 0 Å². The molecule has 2 rings (SSSR count). The zero-order valence-corrected chi connectivity index (χ0v) is 10.0. The van der Waals surface area contributed by atoms with Crippen molar-refractivity contribution >= 4 is 5.69 Å². The van der Waals surface area contributed by atoms with Gasteiger partial charge in [-0.25, -0.2) is 4.39 Å². The Morgan fingerprint density at radius 3 is 3.06 bits per heavy atom. The predicted octanol–water partition coefficient (Wildman–Crippen LogP) is 1.93. The molecule has 1 atom stereocenters. The summed E-state index contributed by atoms with van der Waals surface area (Å²) in [5.41, 5.74) is 1.56. The van der Waals surface area contributed by atoms with Crippen LogP contribution in [0.1, 0.15) is 18.9 Å². The first-order valence-corrected chi connectivity index (χ1v) is 6.00. The molecule has 1 aliphatic heterocycles. The smallest absolute Gasteiger partial charge is 0.123 e. The lowest BCUT2D eigenvalue weighted by molar-refractivity contribution is 0.0927. The standard InChI is InChI=1S/C13H18FNO2/c1-2-12-9-17-6-5-15(12)13-4-3-11(14)7-10(13)8-16/h3-4,7,12,16H,2,5-6,8-9H2,1H3. The Bertz CT molecular complexity index is 384. The van der Waals surface area contributed by atoms with Gasteiger partial charge in [-0.05, 0) is 24.6 Å². The molecule has 0 amide bonds. The van der Waals surface area contributed by atoms with Crippen LogP contribution in [0.15, 0.2) is 18.2 Å². The van der Waals surface area contributed by atoms with Gasteiger partial charge in [0, 0.05) is 17.8 Å². The van der Waals surface area contributed by atoms with Gasteiger partial charge in [0.05, 0.1) is 25.9 Å². The fraction of sp³-hybridized carbons (Fsp3) is 0.538. The summed E-state index contributed by atoms with van der Waals surface area (Å²) < 4.78 is 18.6. The van der Waals surface area contributed by atoms with Crippen molar-refractivity contribution in [1.82, 2.24) is 0 Å². The number of benzene rings is 1. The van der Waals surface area contributed by atoms with Crippen molar-refractivity contribution in [3.05, 3.63) is 29.6 Å². The van der Waals surface area contributed by atoms with Crippen molar-refractivity contribution in [1.29, 1.82) is 0 Å². The van der Waals surface area contributed by atoms with Gasteiger partial charge in [0.1, 0.15) is 5.82 Å². The molecule has 3 nitrogen and oxygen atoms in total. The normalized spacial score (nSPS) is 20.6. The van der Waals surface area contributed by atoms with Crippen molar-refractivity contribution in [2.75, 3.05) is 24.7 Å². The van der Waals surface area contributed by atoms with Crippen LogP contribution in [0.4, 0.5) is 10.1 Å². The number of aliphatic hydroxyl groups is 1. The summed E-state index contributed by atoms with van der Waals surface area (Å²) in [6.07, 6.45) is 0.974. The summed E-state index contributed by atoms with van der Waals surface area (Å²) in [7, 11) is 0. The molecule has 1 aromatic carbocycles. The Hall–Kier alpha value is -1.13. The molecule has 1 unspecified atom stereocenters. The fourth-order valence-electron chi connectivity index (χ4n) is 2.27. The highest BCUT2D eigenvalue weighted by molar-refractivity contribution is 5.54. The summed E-state index contributed by atoms with van der Waals surface area (Å²) in [6, 6.07) is 4.89. The lowest BCUT2D eigenvalue weighted by Gasteiger charge is -2.38. The molecule has 1 heterocycles. The number of rotatable bonds is 3. The van der Waals surface area contributed by atoms with Gasteiger partial charge >= 0.3 is 0 Å². The summed E-state index contributed by atoms with van der Waals surface area (Å²) in [4.78, 5) is 2.20. The van der Waals surface area contributed by atoms with Crippen molar-refractivity contribution in [3.8, 4) is 0 Å². The Kier molecular flexibility index (Phi) is 3.97. The summed E-state index contributed by atoms with van der Waals surface area (Å²) in [6.45, 7) is 4.13. The molecule has 0 aromatic heterocycles. The molecular weight excluding hydrogens is 221 g/mol. The SMILES string of the molecule is CCC1COCCN1c1ccc(F)cc1CO. The number of ether oxygens (including phenoxy) is 1. The van der Waals surface area contributed by atoms with E-state index in [1.165, 1.54) is 12.1 Å². The van der Waals surface area contributed by atoms with Crippen molar-refractivity contribution in [2.24, 2.45) is 0 Å². The number of hydrogen-bond donors (Lipinski definition) is 1. The number of morpholine rings is 1. The van der Waals surface area contributed by atoms with E-state index in [2.05, 4.69) is 11.8 Å². The largest absolute Gasteiger partial charge is 0.392 e. The van der Waals surface area contributed by atoms with Crippen LogP contribution < -0.4 is 4.90 Å². The van der Waals surface area contributed by atoms with Crippen molar-refractivity contribution in [2.45, 2.75) is 26.0 Å². The number of halogens is 1. The second-order valence-corrected chi connectivity index (χ2v) is 4.26. The van der Waals surface area contributed by atoms with Crippen LogP contribution in [-0.2, 0) is 11.3 Å². The maximum atomic E-state index is 13.1. The Morgan fingerprint density at radius 1 is 1.53 bits per heavy atom. The molecule has 0 bridgehead atoms. The highest BCUT2D eigenvalue weighted by Crippen LogP contribution is 2.26. The zero-order chi connectivity index (χ0) is 12.3. The minimum atomic E-state index is -0.306. The van der Waals surface area contributed by atoms with Crippen LogP contribution in [0.3, 0.4) is 0 Å². The molecule has 1 aliphatic rings. The first-order chi connectivity index (χ1) is 8.26. The first-order valence-electron chi connectivity index (χ1n) is 6.00. The average Bonchev–Trinajstić information content (AvgIpc) is 2.38. The van der Waals surface area contributed by atoms with Gasteiger partial charge in [-0.3, -0.25) is 0 Å². The van der Waals surface area contributed by atoms with Crippen molar-refractivity contribution in [3.63, 3.8) is 0 Å². The quantitative estimate of drug-likeness (QED) is 0.875. The second-order valence-electron chi connectivity index (χ2n) is 4.26. The molecule has 17 heavy (non-hydrogen) atoms. The molecule has 1 fully saturated rings. The maximum absolute atomic E-state index is 13.1. The Labute approximate surface area is 101 Å². The van der Waals surface area contributed by atoms with Crippen LogP contribution in [-0.4, -0.2) is 30.9 Å². The minimum absolute atomic E-state index is 0.138. The van der Waals surface area contributed by atoms with E-state index in [1.54, 1.807) is 6.07 Å². The van der Waals surface area contributed by atoms with Gasteiger partial charge in [0.25, 0.3) is 0 Å². The van der Waals surface area contributed by atoms with Crippen LogP contribution >= 0.6 is 0 Å². The second kappa shape index (κ2) is 5.47. The fourth-order valence-corrected chi connectivity index (χ4v) is 2.27. The van der Waals surface area contributed by atoms with Gasteiger partial charge in [0.2, 0.25) is 0 Å². The predicted molar refractivity (Wildman–Crippen MR) is 64.6 cm³/mol. The maximum Gasteiger partial charge on any atom is 0.123 e. The first kappa shape index (κ1) is 12.3. The molecule has 4 heteroatoms. The van der Waals surface area contributed by atoms with Crippen LogP contribution in [0, 0.1) is 5.82 Å². The van der Waals surface area contributed by atoms with Gasteiger partial charge in [-0.15, -0.1) is 0 Å². The molecular formula is C13H18FNO2. The zero-order valence-electron chi connectivity index (χ0n) is 10.0. The summed E-state index contributed by atoms with van der Waals surface area (Å²) in [5, 5.41) is 9.31. The molecule has 94 valence electrons. The highest BCUT2D eigenvalue weighted by Gasteiger charge is 2.23. The number of hydrogen-bond acceptors (Lipinski definition) is 3. The van der Waals surface area contributed by atoms with Crippen molar-refractivity contribution < 1.29 is 14.2 Å². The molecule has 1 aromatic rings. The molecule has 0 aliphatic carbocycles. The third kappa shape index (κ3) is 2.58. The van der Waals surface area contributed by atoms with Gasteiger partial charge in [0.15, 0.2) is 0 Å². The van der Waals surface area contributed by atoms with E-state index < -0.39 is 0 Å². The average molecular weight is 239 g/mol. The van der Waals surface area contributed by atoms with Crippen LogP contribution in [0.2, 0.25) is 0 Å². The Balaban J connectivity index is 2.30. The topological polar surface area (TPSA) is 32.7 Å². The van der Waals surface area contributed by atoms with Gasteiger partial charge in [-0.1, -0.05) is 6.92 Å². The van der Waals surface area contributed by atoms with Gasteiger partial charge < -0.3 is 14.7 Å². The molecule has 0 saturated carbocycles. The van der Waals surface area contributed by atoms with Crippen LogP contribution in [0.5, 0.6) is 0 Å². The molecule has 1 saturated heterocycles. The molecule has 0 radical (unpaired) electrons. The monoisotopic (exact) mass is 239 g/mol. The lowest BCUT2D eigenvalue weighted by atomic mass is 10.1. The van der Waals surface area contributed by atoms with Crippen LogP contribution in [0.25, 0.3) is 0 Å².